The van der Waals surface area contributed by atoms with E-state index in [-0.39, 0.29) is 11.4 Å². The van der Waals surface area contributed by atoms with Gasteiger partial charge in [0.15, 0.2) is 5.16 Å². The summed E-state index contributed by atoms with van der Waals surface area (Å²) in [5.74, 6) is 0.741. The first kappa shape index (κ1) is 12.3. The van der Waals surface area contributed by atoms with Crippen LogP contribution in [0.5, 0.6) is 5.88 Å². The molecular weight excluding hydrogens is 260 g/mol. The molecule has 2 heterocycles. The van der Waals surface area contributed by atoms with E-state index < -0.39 is 0 Å². The molecule has 0 atom stereocenters. The summed E-state index contributed by atoms with van der Waals surface area (Å²) in [4.78, 5) is 16.4. The zero-order valence-electron chi connectivity index (χ0n) is 10.4. The first-order valence-corrected chi connectivity index (χ1v) is 7.23. The molecule has 0 bridgehead atoms. The van der Waals surface area contributed by atoms with Crippen LogP contribution in [-0.4, -0.2) is 20.4 Å². The number of fused-ring (bicyclic) bond motifs is 1. The van der Waals surface area contributed by atoms with Gasteiger partial charge in [0, 0.05) is 12.3 Å². The van der Waals surface area contributed by atoms with Gasteiger partial charge in [0.25, 0.3) is 5.56 Å². The second-order valence-corrected chi connectivity index (χ2v) is 5.55. The number of hydrogen-bond donors (Lipinski definition) is 1. The third-order valence-electron chi connectivity index (χ3n) is 3.26. The van der Waals surface area contributed by atoms with Crippen molar-refractivity contribution in [3.63, 3.8) is 0 Å². The highest BCUT2D eigenvalue weighted by Gasteiger charge is 2.20. The lowest BCUT2D eigenvalue weighted by atomic mass is 10.1. The van der Waals surface area contributed by atoms with E-state index >= 15 is 0 Å². The van der Waals surface area contributed by atoms with Crippen molar-refractivity contribution in [2.75, 3.05) is 5.75 Å². The van der Waals surface area contributed by atoms with Gasteiger partial charge in [0.05, 0.1) is 5.56 Å². The number of rotatable bonds is 3. The smallest absolute Gasteiger partial charge is 0.261 e. The van der Waals surface area contributed by atoms with Crippen molar-refractivity contribution in [3.05, 3.63) is 51.8 Å². The Morgan fingerprint density at radius 3 is 2.84 bits per heavy atom. The largest absolute Gasteiger partial charge is 0.493 e. The third kappa shape index (κ3) is 2.38. The van der Waals surface area contributed by atoms with Gasteiger partial charge in [-0.15, -0.1) is 0 Å². The van der Waals surface area contributed by atoms with Crippen LogP contribution in [0.3, 0.4) is 0 Å². The van der Waals surface area contributed by atoms with Gasteiger partial charge in [-0.25, -0.2) is 0 Å². The van der Waals surface area contributed by atoms with E-state index in [0.29, 0.717) is 23.7 Å². The molecule has 1 aromatic heterocycles. The molecule has 2 aromatic rings. The summed E-state index contributed by atoms with van der Waals surface area (Å²) in [6.07, 6.45) is 1.25. The molecule has 19 heavy (non-hydrogen) atoms. The van der Waals surface area contributed by atoms with E-state index in [1.165, 1.54) is 11.8 Å². The van der Waals surface area contributed by atoms with Gasteiger partial charge in [0.1, 0.15) is 0 Å². The third-order valence-corrected chi connectivity index (χ3v) is 4.21. The highest BCUT2D eigenvalue weighted by atomic mass is 32.2. The zero-order chi connectivity index (χ0) is 13.2. The number of aromatic nitrogens is 2. The Morgan fingerprint density at radius 2 is 2.05 bits per heavy atom. The molecule has 0 saturated carbocycles. The fourth-order valence-electron chi connectivity index (χ4n) is 2.23. The molecule has 1 N–H and O–H groups in total. The Hall–Kier alpha value is -1.75. The van der Waals surface area contributed by atoms with Crippen molar-refractivity contribution in [1.29, 1.82) is 0 Å². The van der Waals surface area contributed by atoms with Gasteiger partial charge in [-0.3, -0.25) is 9.36 Å². The van der Waals surface area contributed by atoms with Crippen molar-refractivity contribution in [2.45, 2.75) is 24.5 Å². The molecule has 1 aromatic carbocycles. The van der Waals surface area contributed by atoms with E-state index in [2.05, 4.69) is 4.98 Å². The van der Waals surface area contributed by atoms with Crippen molar-refractivity contribution < 1.29 is 5.11 Å². The van der Waals surface area contributed by atoms with Crippen LogP contribution < -0.4 is 5.56 Å². The van der Waals surface area contributed by atoms with Crippen LogP contribution in [0.25, 0.3) is 0 Å². The molecule has 0 radical (unpaired) electrons. The van der Waals surface area contributed by atoms with E-state index in [0.717, 1.165) is 17.7 Å². The normalized spacial score (nSPS) is 13.5. The van der Waals surface area contributed by atoms with Crippen LogP contribution in [0.15, 0.2) is 40.3 Å². The first-order chi connectivity index (χ1) is 9.25. The van der Waals surface area contributed by atoms with Crippen LogP contribution in [0, 0.1) is 0 Å². The fraction of sp³-hybridized carbons (Fsp3) is 0.286. The monoisotopic (exact) mass is 274 g/mol. The summed E-state index contributed by atoms with van der Waals surface area (Å²) < 4.78 is 1.66. The lowest BCUT2D eigenvalue weighted by Gasteiger charge is -2.07. The van der Waals surface area contributed by atoms with Gasteiger partial charge >= 0.3 is 0 Å². The number of benzene rings is 1. The lowest BCUT2D eigenvalue weighted by Crippen LogP contribution is -2.24. The average molecular weight is 274 g/mol. The van der Waals surface area contributed by atoms with Crippen molar-refractivity contribution in [3.8, 4) is 5.88 Å². The van der Waals surface area contributed by atoms with Crippen LogP contribution in [0.1, 0.15) is 11.1 Å². The van der Waals surface area contributed by atoms with Gasteiger partial charge in [-0.2, -0.15) is 4.98 Å². The molecule has 4 nitrogen and oxygen atoms in total. The minimum Gasteiger partial charge on any atom is -0.493 e. The number of hydrogen-bond acceptors (Lipinski definition) is 4. The predicted molar refractivity (Wildman–Crippen MR) is 74.7 cm³/mol. The summed E-state index contributed by atoms with van der Waals surface area (Å²) >= 11 is 1.51. The molecule has 98 valence electrons. The standard InChI is InChI=1S/C14H14N2O2S/c17-12-11(7-6-10-4-2-1-3-5-10)13(18)16-8-9-19-14(16)15-12/h1-5,17H,6-9H2. The number of thioether (sulfide) groups is 1. The molecule has 0 spiro atoms. The zero-order valence-corrected chi connectivity index (χ0v) is 11.2. The summed E-state index contributed by atoms with van der Waals surface area (Å²) in [7, 11) is 0. The summed E-state index contributed by atoms with van der Waals surface area (Å²) in [6, 6.07) is 9.94. The summed E-state index contributed by atoms with van der Waals surface area (Å²) in [6.45, 7) is 0.685. The van der Waals surface area contributed by atoms with Gasteiger partial charge in [0.2, 0.25) is 5.88 Å². The molecule has 0 amide bonds. The van der Waals surface area contributed by atoms with Crippen LogP contribution >= 0.6 is 11.8 Å². The predicted octanol–water partition coefficient (Wildman–Crippen LogP) is 1.84. The average Bonchev–Trinajstić information content (AvgIpc) is 2.88. The van der Waals surface area contributed by atoms with Crippen LogP contribution in [0.4, 0.5) is 0 Å². The summed E-state index contributed by atoms with van der Waals surface area (Å²) in [5, 5.41) is 10.5. The molecule has 5 heteroatoms. The van der Waals surface area contributed by atoms with Crippen LogP contribution in [0.2, 0.25) is 0 Å². The first-order valence-electron chi connectivity index (χ1n) is 6.25. The number of nitrogens with zero attached hydrogens (tertiary/aromatic N) is 2. The SMILES string of the molecule is O=c1c(CCc2ccccc2)c(O)nc2n1CCS2. The van der Waals surface area contributed by atoms with Crippen molar-refractivity contribution >= 4 is 11.8 Å². The second kappa shape index (κ2) is 5.09. The van der Waals surface area contributed by atoms with E-state index in [4.69, 9.17) is 0 Å². The Kier molecular flexibility index (Phi) is 3.29. The topological polar surface area (TPSA) is 55.1 Å². The molecular formula is C14H14N2O2S. The van der Waals surface area contributed by atoms with Gasteiger partial charge in [-0.05, 0) is 18.4 Å². The second-order valence-electron chi connectivity index (χ2n) is 4.49. The lowest BCUT2D eigenvalue weighted by molar-refractivity contribution is 0.427. The molecule has 1 aliphatic heterocycles. The number of aryl methyl sites for hydroxylation is 1. The number of aromatic hydroxyl groups is 1. The quantitative estimate of drug-likeness (QED) is 0.868. The Labute approximate surface area is 115 Å². The van der Waals surface area contributed by atoms with Crippen molar-refractivity contribution in [2.24, 2.45) is 0 Å². The van der Waals surface area contributed by atoms with Gasteiger partial charge < -0.3 is 5.11 Å². The maximum absolute atomic E-state index is 12.3. The molecule has 0 saturated heterocycles. The summed E-state index contributed by atoms with van der Waals surface area (Å²) in [5.41, 5.74) is 1.49. The van der Waals surface area contributed by atoms with Crippen LogP contribution in [-0.2, 0) is 19.4 Å². The van der Waals surface area contributed by atoms with E-state index in [9.17, 15) is 9.90 Å². The maximum atomic E-state index is 12.3. The molecule has 3 rings (SSSR count). The Morgan fingerprint density at radius 1 is 1.26 bits per heavy atom. The molecule has 0 unspecified atom stereocenters. The molecule has 0 fully saturated rings. The van der Waals surface area contributed by atoms with E-state index in [1.807, 2.05) is 30.3 Å². The molecule has 1 aliphatic rings. The Balaban J connectivity index is 1.88. The minimum atomic E-state index is -0.110. The Bertz CT molecular complexity index is 652. The minimum absolute atomic E-state index is 0.0940. The molecule has 0 aliphatic carbocycles. The maximum Gasteiger partial charge on any atom is 0.261 e. The van der Waals surface area contributed by atoms with Crippen molar-refractivity contribution in [1.82, 2.24) is 9.55 Å². The highest BCUT2D eigenvalue weighted by Crippen LogP contribution is 2.24. The fourth-order valence-corrected chi connectivity index (χ4v) is 3.17. The van der Waals surface area contributed by atoms with E-state index in [1.54, 1.807) is 4.57 Å². The van der Waals surface area contributed by atoms with Gasteiger partial charge in [-0.1, -0.05) is 42.1 Å². The highest BCUT2D eigenvalue weighted by molar-refractivity contribution is 7.99.